The van der Waals surface area contributed by atoms with Crippen LogP contribution in [0.5, 0.6) is 0 Å². The molecule has 0 amide bonds. The van der Waals surface area contributed by atoms with Crippen LogP contribution in [0.1, 0.15) is 51.4 Å². The van der Waals surface area contributed by atoms with Crippen molar-refractivity contribution in [3.05, 3.63) is 26.7 Å². The molecule has 110 valence electrons. The topological polar surface area (TPSA) is 12.0 Å². The maximum atomic E-state index is 6.30. The summed E-state index contributed by atoms with van der Waals surface area (Å²) in [6.45, 7) is 0. The summed E-state index contributed by atoms with van der Waals surface area (Å²) in [6.07, 6.45) is 10.9. The van der Waals surface area contributed by atoms with E-state index in [4.69, 9.17) is 23.2 Å². The first-order valence-corrected chi connectivity index (χ1v) is 9.04. The van der Waals surface area contributed by atoms with Gasteiger partial charge in [-0.15, -0.1) is 0 Å². The third-order valence-corrected chi connectivity index (χ3v) is 6.12. The van der Waals surface area contributed by atoms with Gasteiger partial charge in [0.2, 0.25) is 0 Å². The van der Waals surface area contributed by atoms with Crippen LogP contribution in [0.15, 0.2) is 16.6 Å². The minimum absolute atomic E-state index is 0.511. The van der Waals surface area contributed by atoms with Gasteiger partial charge < -0.3 is 5.32 Å². The highest BCUT2D eigenvalue weighted by Crippen LogP contribution is 2.49. The number of hydrogen-bond donors (Lipinski definition) is 1. The molecule has 2 aliphatic carbocycles. The number of anilines is 1. The van der Waals surface area contributed by atoms with Gasteiger partial charge >= 0.3 is 0 Å². The van der Waals surface area contributed by atoms with Gasteiger partial charge in [-0.05, 0) is 56.1 Å². The van der Waals surface area contributed by atoms with Gasteiger partial charge in [0.1, 0.15) is 0 Å². The molecular formula is C16H20BrCl2N. The van der Waals surface area contributed by atoms with Crippen LogP contribution in [0, 0.1) is 5.41 Å². The van der Waals surface area contributed by atoms with Crippen LogP contribution in [0.3, 0.4) is 0 Å². The van der Waals surface area contributed by atoms with Crippen LogP contribution in [0.4, 0.5) is 5.69 Å². The number of hydrogen-bond acceptors (Lipinski definition) is 1. The van der Waals surface area contributed by atoms with Crippen LogP contribution in [-0.2, 0) is 0 Å². The second kappa shape index (κ2) is 6.06. The normalized spacial score (nSPS) is 22.4. The quantitative estimate of drug-likeness (QED) is 0.607. The second-order valence-electron chi connectivity index (χ2n) is 6.37. The van der Waals surface area contributed by atoms with Gasteiger partial charge in [-0.1, -0.05) is 52.0 Å². The molecular weight excluding hydrogens is 357 g/mol. The first kappa shape index (κ1) is 15.0. The van der Waals surface area contributed by atoms with Gasteiger partial charge in [0.15, 0.2) is 0 Å². The average molecular weight is 377 g/mol. The number of halogens is 3. The molecule has 2 fully saturated rings. The summed E-state index contributed by atoms with van der Waals surface area (Å²) in [7, 11) is 0. The Hall–Kier alpha value is 0.0800. The van der Waals surface area contributed by atoms with Crippen LogP contribution in [0.25, 0.3) is 0 Å². The minimum atomic E-state index is 0.511. The van der Waals surface area contributed by atoms with E-state index in [1.165, 1.54) is 51.4 Å². The van der Waals surface area contributed by atoms with Crippen molar-refractivity contribution < 1.29 is 0 Å². The Balaban J connectivity index is 1.65. The number of rotatable bonds is 2. The molecule has 1 nitrogen and oxygen atoms in total. The second-order valence-corrected chi connectivity index (χ2v) is 8.10. The lowest BCUT2D eigenvalue weighted by molar-refractivity contribution is 0.188. The fraction of sp³-hybridized carbons (Fsp3) is 0.625. The standard InChI is InChI=1S/C16H20BrCl2N/c17-11-9-13(18)15(14(19)10-11)20-12-3-7-16(8-4-12)5-1-2-6-16/h9-10,12,20H,1-8H2. The lowest BCUT2D eigenvalue weighted by Gasteiger charge is -2.38. The minimum Gasteiger partial charge on any atom is -0.380 e. The molecule has 1 N–H and O–H groups in total. The fourth-order valence-electron chi connectivity index (χ4n) is 3.88. The Bertz CT molecular complexity index is 464. The summed E-state index contributed by atoms with van der Waals surface area (Å²) >= 11 is 16.0. The van der Waals surface area contributed by atoms with Gasteiger partial charge in [0, 0.05) is 10.5 Å². The first-order valence-electron chi connectivity index (χ1n) is 7.49. The zero-order valence-corrected chi connectivity index (χ0v) is 14.6. The number of benzene rings is 1. The molecule has 20 heavy (non-hydrogen) atoms. The van der Waals surface area contributed by atoms with Gasteiger partial charge in [0.05, 0.1) is 15.7 Å². The van der Waals surface area contributed by atoms with Gasteiger partial charge in [-0.2, -0.15) is 0 Å². The van der Waals surface area contributed by atoms with E-state index in [-0.39, 0.29) is 0 Å². The van der Waals surface area contributed by atoms with Crippen molar-refractivity contribution in [3.8, 4) is 0 Å². The molecule has 0 aromatic heterocycles. The fourth-order valence-corrected chi connectivity index (χ4v) is 5.20. The molecule has 3 rings (SSSR count). The first-order chi connectivity index (χ1) is 9.58. The van der Waals surface area contributed by atoms with E-state index in [0.717, 1.165) is 10.2 Å². The van der Waals surface area contributed by atoms with E-state index in [1.807, 2.05) is 12.1 Å². The Morgan fingerprint density at radius 2 is 1.55 bits per heavy atom. The highest BCUT2D eigenvalue weighted by Gasteiger charge is 2.37. The van der Waals surface area contributed by atoms with Crippen LogP contribution in [0.2, 0.25) is 10.0 Å². The van der Waals surface area contributed by atoms with Crippen molar-refractivity contribution in [2.75, 3.05) is 5.32 Å². The number of nitrogens with one attached hydrogen (secondary N) is 1. The molecule has 0 saturated heterocycles. The van der Waals surface area contributed by atoms with Crippen molar-refractivity contribution >= 4 is 44.8 Å². The molecule has 0 atom stereocenters. The highest BCUT2D eigenvalue weighted by molar-refractivity contribution is 9.10. The molecule has 2 aliphatic rings. The smallest absolute Gasteiger partial charge is 0.0721 e. The van der Waals surface area contributed by atoms with Crippen LogP contribution < -0.4 is 5.32 Å². The van der Waals surface area contributed by atoms with E-state index >= 15 is 0 Å². The summed E-state index contributed by atoms with van der Waals surface area (Å²) < 4.78 is 0.923. The predicted molar refractivity (Wildman–Crippen MR) is 90.9 cm³/mol. The third-order valence-electron chi connectivity index (χ3n) is 5.07. The molecule has 0 aliphatic heterocycles. The molecule has 1 aromatic rings. The van der Waals surface area contributed by atoms with Gasteiger partial charge in [-0.3, -0.25) is 0 Å². The van der Waals surface area contributed by atoms with Gasteiger partial charge in [0.25, 0.3) is 0 Å². The summed E-state index contributed by atoms with van der Waals surface area (Å²) in [6, 6.07) is 4.31. The third kappa shape index (κ3) is 3.13. The van der Waals surface area contributed by atoms with Crippen LogP contribution in [-0.4, -0.2) is 6.04 Å². The monoisotopic (exact) mass is 375 g/mol. The maximum Gasteiger partial charge on any atom is 0.0721 e. The van der Waals surface area contributed by atoms with E-state index in [1.54, 1.807) is 0 Å². The molecule has 0 bridgehead atoms. The Kier molecular flexibility index (Phi) is 4.54. The lowest BCUT2D eigenvalue weighted by atomic mass is 9.71. The largest absolute Gasteiger partial charge is 0.380 e. The maximum absolute atomic E-state index is 6.30. The lowest BCUT2D eigenvalue weighted by Crippen LogP contribution is -2.31. The van der Waals surface area contributed by atoms with Crippen molar-refractivity contribution in [3.63, 3.8) is 0 Å². The summed E-state index contributed by atoms with van der Waals surface area (Å²) in [5.41, 5.74) is 1.56. The van der Waals surface area contributed by atoms with Crippen molar-refractivity contribution in [2.45, 2.75) is 57.4 Å². The van der Waals surface area contributed by atoms with Crippen molar-refractivity contribution in [1.82, 2.24) is 0 Å². The Morgan fingerprint density at radius 1 is 1.00 bits per heavy atom. The molecule has 2 saturated carbocycles. The Labute approximate surface area is 139 Å². The molecule has 0 heterocycles. The van der Waals surface area contributed by atoms with E-state index in [2.05, 4.69) is 21.2 Å². The molecule has 0 radical (unpaired) electrons. The zero-order chi connectivity index (χ0) is 14.2. The van der Waals surface area contributed by atoms with E-state index in [9.17, 15) is 0 Å². The summed E-state index contributed by atoms with van der Waals surface area (Å²) in [4.78, 5) is 0. The zero-order valence-electron chi connectivity index (χ0n) is 11.5. The molecule has 1 aromatic carbocycles. The summed E-state index contributed by atoms with van der Waals surface area (Å²) in [5.74, 6) is 0. The van der Waals surface area contributed by atoms with E-state index < -0.39 is 0 Å². The van der Waals surface area contributed by atoms with E-state index in [0.29, 0.717) is 21.5 Å². The Morgan fingerprint density at radius 3 is 2.10 bits per heavy atom. The SMILES string of the molecule is Clc1cc(Br)cc(Cl)c1NC1CCC2(CCCC2)CC1. The highest BCUT2D eigenvalue weighted by atomic mass is 79.9. The summed E-state index contributed by atoms with van der Waals surface area (Å²) in [5, 5.41) is 4.97. The van der Waals surface area contributed by atoms with Gasteiger partial charge in [-0.25, -0.2) is 0 Å². The van der Waals surface area contributed by atoms with Crippen molar-refractivity contribution in [1.29, 1.82) is 0 Å². The average Bonchev–Trinajstić information content (AvgIpc) is 2.85. The molecule has 1 spiro atoms. The molecule has 0 unspecified atom stereocenters. The van der Waals surface area contributed by atoms with Crippen LogP contribution >= 0.6 is 39.1 Å². The predicted octanol–water partition coefficient (Wildman–Crippen LogP) is 6.67. The molecule has 4 heteroatoms. The van der Waals surface area contributed by atoms with Crippen molar-refractivity contribution in [2.24, 2.45) is 5.41 Å².